The Morgan fingerprint density at radius 3 is 2.15 bits per heavy atom. The fraction of sp³-hybridized carbons (Fsp3) is 0.111. The Bertz CT molecular complexity index is 1080. The van der Waals surface area contributed by atoms with Gasteiger partial charge in [-0.3, -0.25) is 0 Å². The lowest BCUT2D eigenvalue weighted by atomic mass is 9.65. The molecule has 27 heavy (non-hydrogen) atoms. The predicted octanol–water partition coefficient (Wildman–Crippen LogP) is 6.92. The predicted molar refractivity (Wildman–Crippen MR) is 116 cm³/mol. The minimum Gasteiger partial charge on any atom is -0.0991 e. The van der Waals surface area contributed by atoms with Crippen molar-refractivity contribution in [3.8, 4) is 11.1 Å². The van der Waals surface area contributed by atoms with Crippen molar-refractivity contribution in [1.82, 2.24) is 0 Å². The molecule has 0 amide bonds. The van der Waals surface area contributed by atoms with Gasteiger partial charge in [0.05, 0.1) is 5.41 Å². The second-order valence-corrected chi connectivity index (χ2v) is 7.22. The van der Waals surface area contributed by atoms with Gasteiger partial charge in [0.25, 0.3) is 0 Å². The number of aryl methyl sites for hydroxylation is 2. The highest BCUT2D eigenvalue weighted by atomic mass is 14.5. The van der Waals surface area contributed by atoms with Gasteiger partial charge in [0, 0.05) is 0 Å². The lowest BCUT2D eigenvalue weighted by molar-refractivity contribution is 0.759. The van der Waals surface area contributed by atoms with E-state index in [1.165, 1.54) is 38.9 Å². The van der Waals surface area contributed by atoms with Gasteiger partial charge in [-0.15, -0.1) is 0 Å². The van der Waals surface area contributed by atoms with E-state index in [2.05, 4.69) is 99.8 Å². The van der Waals surface area contributed by atoms with Gasteiger partial charge in [-0.25, -0.2) is 0 Å². The smallest absolute Gasteiger partial charge is 0.0716 e. The molecule has 0 fully saturated rings. The minimum atomic E-state index is -0.376. The van der Waals surface area contributed by atoms with Crippen molar-refractivity contribution < 1.29 is 0 Å². The van der Waals surface area contributed by atoms with E-state index in [9.17, 15) is 0 Å². The molecule has 3 aromatic carbocycles. The Balaban J connectivity index is 2.25. The SMILES string of the molecule is C=C/C=C(\C=C)C1(c2ccccc2C)c2ccccc2-c2ccc(C)cc21. The van der Waals surface area contributed by atoms with E-state index in [0.29, 0.717) is 0 Å². The van der Waals surface area contributed by atoms with Crippen LogP contribution < -0.4 is 0 Å². The van der Waals surface area contributed by atoms with Crippen molar-refractivity contribution in [2.24, 2.45) is 0 Å². The standard InChI is InChI=1S/C27H24/c1-5-11-21(6-2)27(24-14-9-7-12-20(24)4)25-15-10-8-13-22(25)23-17-16-19(3)18-26(23)27/h5-18H,1-2H2,3-4H3/b21-11+. The number of fused-ring (bicyclic) bond motifs is 3. The van der Waals surface area contributed by atoms with E-state index >= 15 is 0 Å². The molecule has 1 atom stereocenters. The van der Waals surface area contributed by atoms with Crippen molar-refractivity contribution >= 4 is 0 Å². The Morgan fingerprint density at radius 1 is 0.778 bits per heavy atom. The van der Waals surface area contributed by atoms with Crippen molar-refractivity contribution in [2.45, 2.75) is 19.3 Å². The van der Waals surface area contributed by atoms with Crippen LogP contribution >= 0.6 is 0 Å². The fourth-order valence-corrected chi connectivity index (χ4v) is 4.62. The number of hydrogen-bond donors (Lipinski definition) is 0. The van der Waals surface area contributed by atoms with Gasteiger partial charge in [0.15, 0.2) is 0 Å². The maximum atomic E-state index is 4.18. The number of rotatable bonds is 4. The number of benzene rings is 3. The summed E-state index contributed by atoms with van der Waals surface area (Å²) in [6, 6.07) is 24.3. The molecule has 0 spiro atoms. The summed E-state index contributed by atoms with van der Waals surface area (Å²) in [6.45, 7) is 12.5. The molecule has 4 rings (SSSR count). The maximum absolute atomic E-state index is 4.18. The van der Waals surface area contributed by atoms with E-state index in [4.69, 9.17) is 0 Å². The van der Waals surface area contributed by atoms with Crippen molar-refractivity contribution in [3.05, 3.63) is 132 Å². The molecule has 0 nitrogen and oxygen atoms in total. The van der Waals surface area contributed by atoms with Gasteiger partial charge in [0.1, 0.15) is 0 Å². The first-order chi connectivity index (χ1) is 13.1. The normalized spacial score (nSPS) is 17.9. The van der Waals surface area contributed by atoms with Gasteiger partial charge >= 0.3 is 0 Å². The highest BCUT2D eigenvalue weighted by Crippen LogP contribution is 2.57. The monoisotopic (exact) mass is 348 g/mol. The van der Waals surface area contributed by atoms with Crippen LogP contribution in [0.1, 0.15) is 27.8 Å². The molecular weight excluding hydrogens is 324 g/mol. The van der Waals surface area contributed by atoms with Crippen molar-refractivity contribution in [3.63, 3.8) is 0 Å². The summed E-state index contributed by atoms with van der Waals surface area (Å²) in [6.07, 6.45) is 5.96. The zero-order valence-corrected chi connectivity index (χ0v) is 16.0. The molecule has 132 valence electrons. The summed E-state index contributed by atoms with van der Waals surface area (Å²) in [5.74, 6) is 0. The van der Waals surface area contributed by atoms with Crippen LogP contribution in [0.3, 0.4) is 0 Å². The Labute approximate surface area is 162 Å². The first kappa shape index (κ1) is 17.3. The third-order valence-corrected chi connectivity index (χ3v) is 5.70. The van der Waals surface area contributed by atoms with Crippen LogP contribution in [0.4, 0.5) is 0 Å². The first-order valence-electron chi connectivity index (χ1n) is 9.37. The van der Waals surface area contributed by atoms with E-state index in [1.54, 1.807) is 0 Å². The van der Waals surface area contributed by atoms with Gasteiger partial charge in [-0.2, -0.15) is 0 Å². The molecule has 3 aromatic rings. The molecule has 0 aliphatic heterocycles. The molecule has 0 aromatic heterocycles. The summed E-state index contributed by atoms with van der Waals surface area (Å²) in [5, 5.41) is 0. The Kier molecular flexibility index (Phi) is 4.20. The van der Waals surface area contributed by atoms with Gasteiger partial charge < -0.3 is 0 Å². The molecule has 0 N–H and O–H groups in total. The molecule has 1 aliphatic carbocycles. The van der Waals surface area contributed by atoms with E-state index < -0.39 is 0 Å². The lowest BCUT2D eigenvalue weighted by Crippen LogP contribution is -2.30. The van der Waals surface area contributed by atoms with E-state index in [0.717, 1.165) is 5.57 Å². The van der Waals surface area contributed by atoms with Crippen LogP contribution in [-0.2, 0) is 5.41 Å². The van der Waals surface area contributed by atoms with Crippen LogP contribution in [-0.4, -0.2) is 0 Å². The largest absolute Gasteiger partial charge is 0.0991 e. The third-order valence-electron chi connectivity index (χ3n) is 5.70. The summed E-state index contributed by atoms with van der Waals surface area (Å²) in [7, 11) is 0. The van der Waals surface area contributed by atoms with Crippen molar-refractivity contribution in [1.29, 1.82) is 0 Å². The summed E-state index contributed by atoms with van der Waals surface area (Å²) < 4.78 is 0. The topological polar surface area (TPSA) is 0 Å². The molecule has 0 heterocycles. The van der Waals surface area contributed by atoms with Gasteiger partial charge in [-0.1, -0.05) is 104 Å². The minimum absolute atomic E-state index is 0.376. The molecule has 0 saturated heterocycles. The van der Waals surface area contributed by atoms with Crippen LogP contribution in [0.5, 0.6) is 0 Å². The molecule has 0 bridgehead atoms. The van der Waals surface area contributed by atoms with Crippen LogP contribution in [0, 0.1) is 13.8 Å². The first-order valence-corrected chi connectivity index (χ1v) is 9.37. The highest BCUT2D eigenvalue weighted by Gasteiger charge is 2.46. The zero-order chi connectivity index (χ0) is 19.0. The zero-order valence-electron chi connectivity index (χ0n) is 16.0. The summed E-state index contributed by atoms with van der Waals surface area (Å²) in [5.41, 5.74) is 9.86. The van der Waals surface area contributed by atoms with E-state index in [1.807, 2.05) is 12.2 Å². The highest BCUT2D eigenvalue weighted by molar-refractivity contribution is 5.87. The summed E-state index contributed by atoms with van der Waals surface area (Å²) >= 11 is 0. The quantitative estimate of drug-likeness (QED) is 0.449. The number of hydrogen-bond acceptors (Lipinski definition) is 0. The van der Waals surface area contributed by atoms with Gasteiger partial charge in [0.2, 0.25) is 0 Å². The molecule has 0 radical (unpaired) electrons. The fourth-order valence-electron chi connectivity index (χ4n) is 4.62. The summed E-state index contributed by atoms with van der Waals surface area (Å²) in [4.78, 5) is 0. The Morgan fingerprint density at radius 2 is 1.44 bits per heavy atom. The molecule has 0 heteroatoms. The van der Waals surface area contributed by atoms with Crippen LogP contribution in [0.25, 0.3) is 11.1 Å². The third kappa shape index (κ3) is 2.37. The van der Waals surface area contributed by atoms with Crippen LogP contribution in [0.2, 0.25) is 0 Å². The van der Waals surface area contributed by atoms with Gasteiger partial charge in [-0.05, 0) is 52.8 Å². The average molecular weight is 348 g/mol. The second-order valence-electron chi connectivity index (χ2n) is 7.22. The maximum Gasteiger partial charge on any atom is 0.0716 e. The average Bonchev–Trinajstić information content (AvgIpc) is 2.97. The van der Waals surface area contributed by atoms with Crippen LogP contribution in [0.15, 0.2) is 104 Å². The lowest BCUT2D eigenvalue weighted by Gasteiger charge is -2.36. The molecule has 1 aliphatic rings. The molecule has 1 unspecified atom stereocenters. The van der Waals surface area contributed by atoms with Crippen molar-refractivity contribution in [2.75, 3.05) is 0 Å². The Hall–Kier alpha value is -3.12. The van der Waals surface area contributed by atoms with E-state index in [-0.39, 0.29) is 5.41 Å². The number of allylic oxidation sites excluding steroid dienone is 4. The molecular formula is C27H24. The second kappa shape index (κ2) is 6.55. The molecule has 0 saturated carbocycles.